The number of carbonyl (C=O) groups is 4. The summed E-state index contributed by atoms with van der Waals surface area (Å²) in [5.74, 6) is -0.679. The molecule has 1 rings (SSSR count). The third-order valence-corrected chi connectivity index (χ3v) is 5.64. The average molecular weight is 439 g/mol. The Morgan fingerprint density at radius 3 is 2.52 bits per heavy atom. The molecule has 0 aromatic carbocycles. The largest absolute Gasteiger partial charge is 0.394 e. The molecule has 3 N–H and O–H groups in total. The normalized spacial score (nSPS) is 18.5. The fourth-order valence-electron chi connectivity index (χ4n) is 3.86. The number of hydrogen-bond donors (Lipinski definition) is 3. The number of likely N-dealkylation sites (tertiary alicyclic amines) is 1. The molecule has 9 heteroatoms. The molecule has 4 amide bonds. The number of likely N-dealkylation sites (N-methyl/N-ethyl adjacent to an activating group) is 1. The summed E-state index contributed by atoms with van der Waals surface area (Å²) in [6.07, 6.45) is 5.06. The fraction of sp³-hybridized carbons (Fsp3) is 0.727. The third-order valence-electron chi connectivity index (χ3n) is 5.64. The molecule has 0 aliphatic carbocycles. The average Bonchev–Trinajstić information content (AvgIpc) is 3.23. The number of amides is 4. The molecule has 0 aromatic rings. The van der Waals surface area contributed by atoms with Crippen molar-refractivity contribution in [3.63, 3.8) is 0 Å². The van der Waals surface area contributed by atoms with E-state index in [2.05, 4.69) is 10.6 Å². The lowest BCUT2D eigenvalue weighted by Gasteiger charge is -2.30. The molecule has 0 saturated carbocycles. The van der Waals surface area contributed by atoms with Gasteiger partial charge in [-0.15, -0.1) is 0 Å². The van der Waals surface area contributed by atoms with E-state index < -0.39 is 6.04 Å². The van der Waals surface area contributed by atoms with Gasteiger partial charge < -0.3 is 25.5 Å². The molecule has 9 nitrogen and oxygen atoms in total. The van der Waals surface area contributed by atoms with Crippen molar-refractivity contribution in [2.45, 2.75) is 71.5 Å². The van der Waals surface area contributed by atoms with E-state index in [0.717, 1.165) is 12.8 Å². The zero-order valence-corrected chi connectivity index (χ0v) is 19.4. The van der Waals surface area contributed by atoms with E-state index >= 15 is 0 Å². The predicted octanol–water partition coefficient (Wildman–Crippen LogP) is 0.430. The van der Waals surface area contributed by atoms with E-state index in [4.69, 9.17) is 0 Å². The van der Waals surface area contributed by atoms with Crippen LogP contribution in [0.2, 0.25) is 0 Å². The van der Waals surface area contributed by atoms with Crippen LogP contribution in [-0.4, -0.2) is 83.9 Å². The maximum atomic E-state index is 13.1. The topological polar surface area (TPSA) is 119 Å². The van der Waals surface area contributed by atoms with Crippen molar-refractivity contribution in [3.05, 3.63) is 11.6 Å². The Kier molecular flexibility index (Phi) is 11.2. The van der Waals surface area contributed by atoms with Gasteiger partial charge in [-0.25, -0.2) is 0 Å². The second-order valence-corrected chi connectivity index (χ2v) is 8.42. The van der Waals surface area contributed by atoms with Crippen LogP contribution in [0.25, 0.3) is 0 Å². The highest BCUT2D eigenvalue weighted by molar-refractivity contribution is 5.97. The van der Waals surface area contributed by atoms with Crippen LogP contribution in [0.5, 0.6) is 0 Å². The first-order valence-corrected chi connectivity index (χ1v) is 11.0. The van der Waals surface area contributed by atoms with Crippen LogP contribution >= 0.6 is 0 Å². The van der Waals surface area contributed by atoms with E-state index in [1.807, 2.05) is 20.8 Å². The van der Waals surface area contributed by atoms with Crippen LogP contribution in [0.15, 0.2) is 11.6 Å². The van der Waals surface area contributed by atoms with Crippen molar-refractivity contribution >= 4 is 24.1 Å². The lowest BCUT2D eigenvalue weighted by atomic mass is 9.99. The van der Waals surface area contributed by atoms with Gasteiger partial charge in [-0.3, -0.25) is 19.2 Å². The highest BCUT2D eigenvalue weighted by Crippen LogP contribution is 2.22. The van der Waals surface area contributed by atoms with Crippen molar-refractivity contribution in [1.82, 2.24) is 20.4 Å². The van der Waals surface area contributed by atoms with Gasteiger partial charge in [0.2, 0.25) is 24.1 Å². The minimum absolute atomic E-state index is 0.0463. The molecule has 3 atom stereocenters. The maximum absolute atomic E-state index is 13.1. The first kappa shape index (κ1) is 26.6. The van der Waals surface area contributed by atoms with Gasteiger partial charge in [0.05, 0.1) is 25.2 Å². The fourth-order valence-corrected chi connectivity index (χ4v) is 3.86. The number of nitrogens with zero attached hydrogens (tertiary/aromatic N) is 2. The molecule has 31 heavy (non-hydrogen) atoms. The van der Waals surface area contributed by atoms with E-state index in [1.165, 1.54) is 4.90 Å². The molecule has 1 saturated heterocycles. The van der Waals surface area contributed by atoms with Crippen molar-refractivity contribution in [2.75, 3.05) is 26.7 Å². The Bertz CT molecular complexity index is 664. The maximum Gasteiger partial charge on any atom is 0.249 e. The summed E-state index contributed by atoms with van der Waals surface area (Å²) in [5, 5.41) is 14.7. The Balaban J connectivity index is 2.94. The summed E-state index contributed by atoms with van der Waals surface area (Å²) in [7, 11) is 1.64. The minimum atomic E-state index is -0.560. The molecule has 0 aromatic heterocycles. The van der Waals surface area contributed by atoms with Crippen LogP contribution in [-0.2, 0) is 19.2 Å². The summed E-state index contributed by atoms with van der Waals surface area (Å²) in [4.78, 5) is 51.7. The van der Waals surface area contributed by atoms with E-state index in [9.17, 15) is 24.3 Å². The molecule has 1 fully saturated rings. The van der Waals surface area contributed by atoms with E-state index in [-0.39, 0.29) is 48.9 Å². The van der Waals surface area contributed by atoms with Crippen LogP contribution in [0.3, 0.4) is 0 Å². The SMILES string of the molecule is CCCC(CO)NC(=O)C1CCCN1C(=O)/C(C)=C/[C@H](C(C)C)N(C)C(=O)CNC=O. The zero-order valence-electron chi connectivity index (χ0n) is 19.4. The van der Waals surface area contributed by atoms with Crippen LogP contribution in [0.1, 0.15) is 53.4 Å². The molecular weight excluding hydrogens is 400 g/mol. The highest BCUT2D eigenvalue weighted by Gasteiger charge is 2.35. The molecule has 0 spiro atoms. The van der Waals surface area contributed by atoms with Gasteiger partial charge >= 0.3 is 0 Å². The predicted molar refractivity (Wildman–Crippen MR) is 118 cm³/mol. The summed E-state index contributed by atoms with van der Waals surface area (Å²) < 4.78 is 0. The Morgan fingerprint density at radius 1 is 1.29 bits per heavy atom. The molecule has 0 radical (unpaired) electrons. The number of aliphatic hydroxyl groups is 1. The standard InChI is InChI=1S/C22H38N4O5/c1-6-8-17(13-27)24-21(30)18-9-7-10-26(18)22(31)16(4)11-19(15(2)3)25(5)20(29)12-23-14-28/h11,14-15,17-19,27H,6-10,12-13H2,1-5H3,(H,23,28)(H,24,30)/b16-11+/t17?,18?,19-/m1/s1. The van der Waals surface area contributed by atoms with Crippen LogP contribution in [0, 0.1) is 5.92 Å². The van der Waals surface area contributed by atoms with Gasteiger partial charge in [0.15, 0.2) is 0 Å². The van der Waals surface area contributed by atoms with E-state index in [1.54, 1.807) is 24.9 Å². The number of carbonyl (C=O) groups excluding carboxylic acids is 4. The van der Waals surface area contributed by atoms with Crippen LogP contribution in [0.4, 0.5) is 0 Å². The molecule has 2 unspecified atom stereocenters. The number of aliphatic hydroxyl groups excluding tert-OH is 1. The smallest absolute Gasteiger partial charge is 0.249 e. The summed E-state index contributed by atoms with van der Waals surface area (Å²) in [5.41, 5.74) is 0.466. The third kappa shape index (κ3) is 7.65. The van der Waals surface area contributed by atoms with Crippen molar-refractivity contribution < 1.29 is 24.3 Å². The molecule has 0 bridgehead atoms. The molecule has 1 aliphatic heterocycles. The summed E-state index contributed by atoms with van der Waals surface area (Å²) in [6.45, 7) is 7.83. The number of rotatable bonds is 12. The van der Waals surface area contributed by atoms with Gasteiger partial charge in [-0.2, -0.15) is 0 Å². The van der Waals surface area contributed by atoms with Gasteiger partial charge in [0, 0.05) is 19.2 Å². The molecule has 176 valence electrons. The second-order valence-electron chi connectivity index (χ2n) is 8.42. The first-order chi connectivity index (χ1) is 14.7. The Morgan fingerprint density at radius 2 is 1.97 bits per heavy atom. The van der Waals surface area contributed by atoms with Gasteiger partial charge in [-0.05, 0) is 32.1 Å². The monoisotopic (exact) mass is 438 g/mol. The summed E-state index contributed by atoms with van der Waals surface area (Å²) >= 11 is 0. The first-order valence-electron chi connectivity index (χ1n) is 11.0. The molecule has 1 heterocycles. The van der Waals surface area contributed by atoms with Gasteiger partial charge in [0.25, 0.3) is 0 Å². The minimum Gasteiger partial charge on any atom is -0.394 e. The zero-order chi connectivity index (χ0) is 23.6. The van der Waals surface area contributed by atoms with Crippen molar-refractivity contribution in [3.8, 4) is 0 Å². The van der Waals surface area contributed by atoms with Crippen molar-refractivity contribution in [1.29, 1.82) is 0 Å². The Labute approximate surface area is 185 Å². The highest BCUT2D eigenvalue weighted by atomic mass is 16.3. The van der Waals surface area contributed by atoms with Crippen molar-refractivity contribution in [2.24, 2.45) is 5.92 Å². The number of nitrogens with one attached hydrogen (secondary N) is 2. The lowest BCUT2D eigenvalue weighted by Crippen LogP contribution is -2.50. The molecule has 1 aliphatic rings. The Hall–Kier alpha value is -2.42. The summed E-state index contributed by atoms with van der Waals surface area (Å²) in [6, 6.07) is -1.20. The second kappa shape index (κ2) is 13.1. The van der Waals surface area contributed by atoms with E-state index in [0.29, 0.717) is 31.4 Å². The number of hydrogen-bond acceptors (Lipinski definition) is 5. The molecular formula is C22H38N4O5. The lowest BCUT2D eigenvalue weighted by molar-refractivity contribution is -0.136. The van der Waals surface area contributed by atoms with Crippen LogP contribution < -0.4 is 10.6 Å². The quantitative estimate of drug-likeness (QED) is 0.302. The van der Waals surface area contributed by atoms with Gasteiger partial charge in [0.1, 0.15) is 6.04 Å². The van der Waals surface area contributed by atoms with Gasteiger partial charge in [-0.1, -0.05) is 33.3 Å².